The van der Waals surface area contributed by atoms with Gasteiger partial charge in [0.15, 0.2) is 0 Å². The summed E-state index contributed by atoms with van der Waals surface area (Å²) in [6.45, 7) is 0. The molecular formula is C14H13F3O3S. The van der Waals surface area contributed by atoms with Crippen molar-refractivity contribution in [2.24, 2.45) is 0 Å². The first kappa shape index (κ1) is 18.9. The predicted molar refractivity (Wildman–Crippen MR) is 74.2 cm³/mol. The lowest BCUT2D eigenvalue weighted by molar-refractivity contribution is -0.171. The lowest BCUT2D eigenvalue weighted by atomic mass is 10.3. The quantitative estimate of drug-likeness (QED) is 0.676. The number of para-hydroxylation sites is 1. The zero-order valence-corrected chi connectivity index (χ0v) is 11.6. The van der Waals surface area contributed by atoms with Gasteiger partial charge in [-0.1, -0.05) is 30.3 Å². The maximum atomic E-state index is 11.1. The van der Waals surface area contributed by atoms with E-state index in [-0.39, 0.29) is 6.29 Å². The van der Waals surface area contributed by atoms with Crippen LogP contribution in [0.15, 0.2) is 53.2 Å². The molecule has 0 bridgehead atoms. The van der Waals surface area contributed by atoms with Gasteiger partial charge in [-0.2, -0.15) is 24.5 Å². The van der Waals surface area contributed by atoms with Gasteiger partial charge in [-0.3, -0.25) is 4.79 Å². The second kappa shape index (κ2) is 10.6. The molecule has 0 aliphatic carbocycles. The van der Waals surface area contributed by atoms with Crippen molar-refractivity contribution in [3.63, 3.8) is 0 Å². The van der Waals surface area contributed by atoms with Crippen molar-refractivity contribution in [2.75, 3.05) is 0 Å². The third kappa shape index (κ3) is 11.4. The average molecular weight is 318 g/mol. The molecule has 0 radical (unpaired) electrons. The third-order valence-electron chi connectivity index (χ3n) is 1.77. The SMILES string of the molecule is O=CCC(=O)C(F)(F)F.Oc1ccccc1.c1ccsc1. The maximum absolute atomic E-state index is 11.1. The van der Waals surface area contributed by atoms with Crippen molar-refractivity contribution in [1.29, 1.82) is 0 Å². The Morgan fingerprint density at radius 1 is 1.10 bits per heavy atom. The van der Waals surface area contributed by atoms with Gasteiger partial charge in [0.2, 0.25) is 5.78 Å². The zero-order chi connectivity index (χ0) is 16.1. The molecule has 114 valence electrons. The van der Waals surface area contributed by atoms with E-state index >= 15 is 0 Å². The molecule has 0 unspecified atom stereocenters. The number of rotatable bonds is 2. The lowest BCUT2D eigenvalue weighted by Crippen LogP contribution is -2.22. The summed E-state index contributed by atoms with van der Waals surface area (Å²) in [5.41, 5.74) is 0. The highest BCUT2D eigenvalue weighted by molar-refractivity contribution is 7.07. The van der Waals surface area contributed by atoms with Crippen molar-refractivity contribution in [3.05, 3.63) is 53.2 Å². The molecule has 2 rings (SSSR count). The van der Waals surface area contributed by atoms with Crippen LogP contribution in [0.25, 0.3) is 0 Å². The van der Waals surface area contributed by atoms with E-state index in [4.69, 9.17) is 5.11 Å². The number of aldehydes is 1. The smallest absolute Gasteiger partial charge is 0.450 e. The molecule has 0 aliphatic rings. The number of phenols is 1. The molecule has 0 spiro atoms. The van der Waals surface area contributed by atoms with Crippen molar-refractivity contribution >= 4 is 23.4 Å². The van der Waals surface area contributed by atoms with Crippen LogP contribution in [-0.4, -0.2) is 23.4 Å². The Kier molecular flexibility index (Phi) is 9.53. The van der Waals surface area contributed by atoms with E-state index < -0.39 is 18.4 Å². The van der Waals surface area contributed by atoms with Crippen LogP contribution < -0.4 is 0 Å². The standard InChI is InChI=1S/C6H6O.C4H3F3O2.C4H4S/c7-6-4-2-1-3-5-6;5-4(6,7)3(9)1-2-8;1-2-4-5-3-1/h1-5,7H;2H,1H2;1-4H. The first-order valence-electron chi connectivity index (χ1n) is 5.62. The summed E-state index contributed by atoms with van der Waals surface area (Å²) >= 11 is 1.71. The van der Waals surface area contributed by atoms with Gasteiger partial charge in [-0.25, -0.2) is 0 Å². The Labute approximate surface area is 123 Å². The van der Waals surface area contributed by atoms with Gasteiger partial charge in [0.1, 0.15) is 12.0 Å². The molecule has 2 aromatic rings. The monoisotopic (exact) mass is 318 g/mol. The summed E-state index contributed by atoms with van der Waals surface area (Å²) in [6.07, 6.45) is -6.01. The predicted octanol–water partition coefficient (Wildman–Crippen LogP) is 3.85. The van der Waals surface area contributed by atoms with E-state index in [0.717, 1.165) is 0 Å². The minimum absolute atomic E-state index is 0.0736. The minimum atomic E-state index is -4.86. The van der Waals surface area contributed by atoms with Crippen LogP contribution >= 0.6 is 11.3 Å². The van der Waals surface area contributed by atoms with Crippen LogP contribution in [-0.2, 0) is 9.59 Å². The van der Waals surface area contributed by atoms with Crippen molar-refractivity contribution < 1.29 is 27.9 Å². The number of benzene rings is 1. The van der Waals surface area contributed by atoms with E-state index in [1.165, 1.54) is 0 Å². The molecule has 0 saturated carbocycles. The van der Waals surface area contributed by atoms with E-state index in [0.29, 0.717) is 5.75 Å². The normalized spacial score (nSPS) is 9.48. The zero-order valence-electron chi connectivity index (χ0n) is 10.8. The summed E-state index contributed by atoms with van der Waals surface area (Å²) in [5.74, 6) is -1.68. The molecule has 1 N–H and O–H groups in total. The highest BCUT2D eigenvalue weighted by Gasteiger charge is 2.37. The van der Waals surface area contributed by atoms with E-state index in [1.807, 2.05) is 29.0 Å². The summed E-state index contributed by atoms with van der Waals surface area (Å²) in [7, 11) is 0. The molecule has 21 heavy (non-hydrogen) atoms. The van der Waals surface area contributed by atoms with Gasteiger partial charge in [0.25, 0.3) is 0 Å². The van der Waals surface area contributed by atoms with Gasteiger partial charge >= 0.3 is 6.18 Å². The van der Waals surface area contributed by atoms with Crippen LogP contribution in [0, 0.1) is 0 Å². The number of Topliss-reactive ketones (excluding diaryl/α,β-unsaturated/α-hetero) is 1. The van der Waals surface area contributed by atoms with Crippen LogP contribution in [0.2, 0.25) is 0 Å². The first-order chi connectivity index (χ1) is 9.88. The number of halogens is 3. The summed E-state index contributed by atoms with van der Waals surface area (Å²) in [6, 6.07) is 12.7. The van der Waals surface area contributed by atoms with Crippen molar-refractivity contribution in [2.45, 2.75) is 12.6 Å². The second-order valence-electron chi connectivity index (χ2n) is 3.42. The summed E-state index contributed by atoms with van der Waals surface area (Å²) < 4.78 is 33.4. The summed E-state index contributed by atoms with van der Waals surface area (Å²) in [4.78, 5) is 19.0. The highest BCUT2D eigenvalue weighted by atomic mass is 32.1. The molecule has 0 fully saturated rings. The van der Waals surface area contributed by atoms with Gasteiger partial charge in [0.05, 0.1) is 6.42 Å². The van der Waals surface area contributed by atoms with E-state index in [2.05, 4.69) is 0 Å². The molecule has 3 nitrogen and oxygen atoms in total. The van der Waals surface area contributed by atoms with Crippen molar-refractivity contribution in [3.8, 4) is 5.75 Å². The van der Waals surface area contributed by atoms with Gasteiger partial charge in [-0.15, -0.1) is 0 Å². The number of aromatic hydroxyl groups is 1. The highest BCUT2D eigenvalue weighted by Crippen LogP contribution is 2.16. The van der Waals surface area contributed by atoms with Gasteiger partial charge in [0, 0.05) is 0 Å². The molecule has 0 atom stereocenters. The maximum Gasteiger partial charge on any atom is 0.450 e. The molecule has 0 saturated heterocycles. The fourth-order valence-electron chi connectivity index (χ4n) is 0.846. The van der Waals surface area contributed by atoms with Crippen LogP contribution in [0.4, 0.5) is 13.2 Å². The molecular weight excluding hydrogens is 305 g/mol. The number of alkyl halides is 3. The summed E-state index contributed by atoms with van der Waals surface area (Å²) in [5, 5.41) is 12.7. The second-order valence-corrected chi connectivity index (χ2v) is 4.24. The average Bonchev–Trinajstić information content (AvgIpc) is 2.98. The largest absolute Gasteiger partial charge is 0.508 e. The molecule has 7 heteroatoms. The third-order valence-corrected chi connectivity index (χ3v) is 2.40. The van der Waals surface area contributed by atoms with Gasteiger partial charge < -0.3 is 9.90 Å². The topological polar surface area (TPSA) is 54.4 Å². The lowest BCUT2D eigenvalue weighted by Gasteiger charge is -1.98. The van der Waals surface area contributed by atoms with Crippen LogP contribution in [0.3, 0.4) is 0 Å². The number of phenolic OH excluding ortho intramolecular Hbond substituents is 1. The Hall–Kier alpha value is -2.15. The Bertz CT molecular complexity index is 479. The molecule has 1 heterocycles. The number of ketones is 1. The Morgan fingerprint density at radius 3 is 1.81 bits per heavy atom. The molecule has 0 aliphatic heterocycles. The molecule has 0 amide bonds. The number of hydrogen-bond acceptors (Lipinski definition) is 4. The minimum Gasteiger partial charge on any atom is -0.508 e. The fraction of sp³-hybridized carbons (Fsp3) is 0.143. The molecule has 1 aromatic carbocycles. The first-order valence-corrected chi connectivity index (χ1v) is 6.57. The Balaban J connectivity index is 0.000000296. The number of hydrogen-bond donors (Lipinski definition) is 1. The van der Waals surface area contributed by atoms with E-state index in [9.17, 15) is 22.8 Å². The van der Waals surface area contributed by atoms with Crippen molar-refractivity contribution in [1.82, 2.24) is 0 Å². The van der Waals surface area contributed by atoms with Crippen LogP contribution in [0.5, 0.6) is 5.75 Å². The Morgan fingerprint density at radius 2 is 1.62 bits per heavy atom. The molecule has 1 aromatic heterocycles. The van der Waals surface area contributed by atoms with E-state index in [1.54, 1.807) is 35.6 Å². The number of carbonyl (C=O) groups excluding carboxylic acids is 2. The number of thiophene rings is 1. The van der Waals surface area contributed by atoms with Crippen LogP contribution in [0.1, 0.15) is 6.42 Å². The van der Waals surface area contributed by atoms with Gasteiger partial charge in [-0.05, 0) is 22.9 Å². The number of carbonyl (C=O) groups is 2. The fourth-order valence-corrected chi connectivity index (χ4v) is 1.30.